The van der Waals surface area contributed by atoms with Crippen LogP contribution in [0, 0.1) is 11.3 Å². The second-order valence-electron chi connectivity index (χ2n) is 5.53. The van der Waals surface area contributed by atoms with E-state index in [9.17, 15) is 0 Å². The molecule has 0 aliphatic rings. The van der Waals surface area contributed by atoms with E-state index < -0.39 is 0 Å². The minimum atomic E-state index is 0.403. The molecule has 0 fully saturated rings. The molecule has 1 N–H and O–H groups in total. The third-order valence-corrected chi connectivity index (χ3v) is 3.41. The van der Waals surface area contributed by atoms with E-state index in [4.69, 9.17) is 4.74 Å². The summed E-state index contributed by atoms with van der Waals surface area (Å²) in [5.41, 5.74) is 0.403. The smallest absolute Gasteiger partial charge is 0.0465 e. The molecule has 0 bridgehead atoms. The SMILES string of the molecule is COCCC(C)C(C)(C)CCNC(C)C. The van der Waals surface area contributed by atoms with E-state index in [0.29, 0.717) is 17.4 Å². The van der Waals surface area contributed by atoms with Crippen LogP contribution in [0.3, 0.4) is 0 Å². The third-order valence-electron chi connectivity index (χ3n) is 3.41. The molecule has 0 aliphatic carbocycles. The van der Waals surface area contributed by atoms with E-state index >= 15 is 0 Å². The van der Waals surface area contributed by atoms with Crippen LogP contribution in [0.25, 0.3) is 0 Å². The molecule has 0 aromatic carbocycles. The van der Waals surface area contributed by atoms with Crippen LogP contribution in [0.4, 0.5) is 0 Å². The summed E-state index contributed by atoms with van der Waals surface area (Å²) in [5.74, 6) is 0.714. The minimum Gasteiger partial charge on any atom is -0.385 e. The van der Waals surface area contributed by atoms with Gasteiger partial charge in [0.1, 0.15) is 0 Å². The Labute approximate surface area is 95.8 Å². The van der Waals surface area contributed by atoms with Gasteiger partial charge in [-0.15, -0.1) is 0 Å². The summed E-state index contributed by atoms with van der Waals surface area (Å²) in [7, 11) is 1.78. The van der Waals surface area contributed by atoms with Crippen molar-refractivity contribution in [1.82, 2.24) is 5.32 Å². The highest BCUT2D eigenvalue weighted by Crippen LogP contribution is 2.32. The largest absolute Gasteiger partial charge is 0.385 e. The summed E-state index contributed by atoms with van der Waals surface area (Å²) < 4.78 is 5.13. The Balaban J connectivity index is 3.82. The molecule has 0 saturated carbocycles. The Hall–Kier alpha value is -0.0800. The van der Waals surface area contributed by atoms with Crippen LogP contribution >= 0.6 is 0 Å². The van der Waals surface area contributed by atoms with Crippen LogP contribution < -0.4 is 5.32 Å². The van der Waals surface area contributed by atoms with E-state index in [1.807, 2.05) is 0 Å². The second kappa shape index (κ2) is 7.24. The fourth-order valence-electron chi connectivity index (χ4n) is 1.61. The predicted molar refractivity (Wildman–Crippen MR) is 67.2 cm³/mol. The molecule has 0 aromatic rings. The van der Waals surface area contributed by atoms with Crippen LogP contribution in [0.2, 0.25) is 0 Å². The summed E-state index contributed by atoms with van der Waals surface area (Å²) in [4.78, 5) is 0. The summed E-state index contributed by atoms with van der Waals surface area (Å²) in [6, 6.07) is 0.593. The van der Waals surface area contributed by atoms with Gasteiger partial charge in [-0.1, -0.05) is 34.6 Å². The van der Waals surface area contributed by atoms with Crippen molar-refractivity contribution in [3.05, 3.63) is 0 Å². The summed E-state index contributed by atoms with van der Waals surface area (Å²) in [5, 5.41) is 3.48. The van der Waals surface area contributed by atoms with Gasteiger partial charge >= 0.3 is 0 Å². The van der Waals surface area contributed by atoms with Gasteiger partial charge in [-0.3, -0.25) is 0 Å². The molecule has 0 saturated heterocycles. The average Bonchev–Trinajstić information content (AvgIpc) is 2.13. The maximum absolute atomic E-state index is 5.13. The molecular weight excluding hydrogens is 186 g/mol. The van der Waals surface area contributed by atoms with Crippen molar-refractivity contribution in [2.45, 2.75) is 53.5 Å². The van der Waals surface area contributed by atoms with Gasteiger partial charge in [0.15, 0.2) is 0 Å². The fraction of sp³-hybridized carbons (Fsp3) is 1.00. The zero-order valence-corrected chi connectivity index (χ0v) is 11.4. The van der Waals surface area contributed by atoms with E-state index in [2.05, 4.69) is 39.9 Å². The number of ether oxygens (including phenoxy) is 1. The first-order valence-corrected chi connectivity index (χ1v) is 6.12. The van der Waals surface area contributed by atoms with Gasteiger partial charge < -0.3 is 10.1 Å². The van der Waals surface area contributed by atoms with Crippen molar-refractivity contribution >= 4 is 0 Å². The lowest BCUT2D eigenvalue weighted by atomic mass is 9.76. The number of hydrogen-bond donors (Lipinski definition) is 1. The monoisotopic (exact) mass is 215 g/mol. The topological polar surface area (TPSA) is 21.3 Å². The maximum Gasteiger partial charge on any atom is 0.0465 e. The van der Waals surface area contributed by atoms with Gasteiger partial charge in [0, 0.05) is 19.8 Å². The fourth-order valence-corrected chi connectivity index (χ4v) is 1.61. The van der Waals surface area contributed by atoms with Gasteiger partial charge in [-0.2, -0.15) is 0 Å². The van der Waals surface area contributed by atoms with E-state index in [-0.39, 0.29) is 0 Å². The van der Waals surface area contributed by atoms with Crippen molar-refractivity contribution in [3.63, 3.8) is 0 Å². The first-order valence-electron chi connectivity index (χ1n) is 6.12. The van der Waals surface area contributed by atoms with E-state index in [1.165, 1.54) is 6.42 Å². The van der Waals surface area contributed by atoms with Crippen LogP contribution in [0.15, 0.2) is 0 Å². The van der Waals surface area contributed by atoms with Crippen molar-refractivity contribution in [2.75, 3.05) is 20.3 Å². The highest BCUT2D eigenvalue weighted by Gasteiger charge is 2.24. The maximum atomic E-state index is 5.13. The molecular formula is C13H29NO. The first kappa shape index (κ1) is 14.9. The highest BCUT2D eigenvalue weighted by atomic mass is 16.5. The number of hydrogen-bond acceptors (Lipinski definition) is 2. The molecule has 0 rings (SSSR count). The molecule has 15 heavy (non-hydrogen) atoms. The van der Waals surface area contributed by atoms with Crippen LogP contribution in [0.5, 0.6) is 0 Å². The average molecular weight is 215 g/mol. The molecule has 92 valence electrons. The lowest BCUT2D eigenvalue weighted by Crippen LogP contribution is -2.31. The summed E-state index contributed by atoms with van der Waals surface area (Å²) >= 11 is 0. The molecule has 0 aliphatic heterocycles. The highest BCUT2D eigenvalue weighted by molar-refractivity contribution is 4.76. The normalized spacial score (nSPS) is 14.6. The second-order valence-corrected chi connectivity index (χ2v) is 5.53. The quantitative estimate of drug-likeness (QED) is 0.672. The van der Waals surface area contributed by atoms with Gasteiger partial charge in [0.25, 0.3) is 0 Å². The van der Waals surface area contributed by atoms with E-state index in [0.717, 1.165) is 19.6 Å². The lowest BCUT2D eigenvalue weighted by molar-refractivity contribution is 0.129. The Morgan fingerprint density at radius 3 is 2.27 bits per heavy atom. The molecule has 0 spiro atoms. The van der Waals surface area contributed by atoms with Gasteiger partial charge in [0.2, 0.25) is 0 Å². The van der Waals surface area contributed by atoms with Crippen LogP contribution in [0.1, 0.15) is 47.5 Å². The molecule has 0 aromatic heterocycles. The number of methoxy groups -OCH3 is 1. The van der Waals surface area contributed by atoms with Crippen molar-refractivity contribution in [2.24, 2.45) is 11.3 Å². The molecule has 0 radical (unpaired) electrons. The third kappa shape index (κ3) is 6.91. The Morgan fingerprint density at radius 1 is 1.20 bits per heavy atom. The van der Waals surface area contributed by atoms with Gasteiger partial charge in [-0.05, 0) is 30.7 Å². The molecule has 1 unspecified atom stereocenters. The van der Waals surface area contributed by atoms with E-state index in [1.54, 1.807) is 7.11 Å². The van der Waals surface area contributed by atoms with Crippen LogP contribution in [-0.4, -0.2) is 26.3 Å². The molecule has 1 atom stereocenters. The molecule has 0 heterocycles. The summed E-state index contributed by atoms with van der Waals surface area (Å²) in [6.45, 7) is 13.4. The zero-order chi connectivity index (χ0) is 11.9. The van der Waals surface area contributed by atoms with Gasteiger partial charge in [-0.25, -0.2) is 0 Å². The number of rotatable bonds is 8. The molecule has 2 nitrogen and oxygen atoms in total. The molecule has 2 heteroatoms. The van der Waals surface area contributed by atoms with Crippen LogP contribution in [-0.2, 0) is 4.74 Å². The predicted octanol–water partition coefficient (Wildman–Crippen LogP) is 3.07. The van der Waals surface area contributed by atoms with Crippen molar-refractivity contribution in [3.8, 4) is 0 Å². The lowest BCUT2D eigenvalue weighted by Gasteiger charge is -2.32. The molecule has 0 amide bonds. The standard InChI is InChI=1S/C13H29NO/c1-11(2)14-9-8-13(4,5)12(3)7-10-15-6/h11-12,14H,7-10H2,1-6H3. The van der Waals surface area contributed by atoms with Crippen molar-refractivity contribution in [1.29, 1.82) is 0 Å². The zero-order valence-electron chi connectivity index (χ0n) is 11.4. The Bertz CT molecular complexity index is 155. The Morgan fingerprint density at radius 2 is 1.80 bits per heavy atom. The summed E-state index contributed by atoms with van der Waals surface area (Å²) in [6.07, 6.45) is 2.39. The number of nitrogens with one attached hydrogen (secondary N) is 1. The van der Waals surface area contributed by atoms with Gasteiger partial charge in [0.05, 0.1) is 0 Å². The minimum absolute atomic E-state index is 0.403. The van der Waals surface area contributed by atoms with Crippen molar-refractivity contribution < 1.29 is 4.74 Å². The first-order chi connectivity index (χ1) is 6.90. The Kier molecular flexibility index (Phi) is 7.20.